The summed E-state index contributed by atoms with van der Waals surface area (Å²) in [7, 11) is 0. The summed E-state index contributed by atoms with van der Waals surface area (Å²) in [5.41, 5.74) is 0.103. The zero-order valence-corrected chi connectivity index (χ0v) is 18.0. The molecule has 0 saturated heterocycles. The molecule has 0 aliphatic heterocycles. The highest BCUT2D eigenvalue weighted by Crippen LogP contribution is 2.65. The molecule has 150 valence electrons. The van der Waals surface area contributed by atoms with E-state index in [0.717, 1.165) is 47.8 Å². The second-order valence-corrected chi connectivity index (χ2v) is 11.8. The van der Waals surface area contributed by atoms with Crippen LogP contribution in [0.3, 0.4) is 0 Å². The van der Waals surface area contributed by atoms with Gasteiger partial charge in [-0.25, -0.2) is 0 Å². The van der Waals surface area contributed by atoms with Crippen molar-refractivity contribution in [3.8, 4) is 0 Å². The van der Waals surface area contributed by atoms with Crippen LogP contribution in [-0.4, -0.2) is 10.7 Å². The molecule has 4 aliphatic carbocycles. The molecule has 0 aromatic carbocycles. The number of fused-ring (bicyclic) bond motifs is 5. The Morgan fingerprint density at radius 2 is 1.69 bits per heavy atom. The van der Waals surface area contributed by atoms with Gasteiger partial charge in [0, 0.05) is 0 Å². The maximum absolute atomic E-state index is 10.2. The fourth-order valence-corrected chi connectivity index (χ4v) is 8.59. The Hall–Kier alpha value is -0.0400. The van der Waals surface area contributed by atoms with Gasteiger partial charge >= 0.3 is 0 Å². The van der Waals surface area contributed by atoms with E-state index >= 15 is 0 Å². The molecule has 4 saturated carbocycles. The lowest BCUT2D eigenvalue weighted by Crippen LogP contribution is -2.48. The van der Waals surface area contributed by atoms with E-state index in [1.807, 2.05) is 13.8 Å². The van der Waals surface area contributed by atoms with Crippen molar-refractivity contribution < 1.29 is 5.11 Å². The molecule has 0 radical (unpaired) electrons. The fourth-order valence-electron chi connectivity index (χ4n) is 8.59. The molecule has 4 rings (SSSR count). The molecule has 0 aromatic heterocycles. The molecule has 8 unspecified atom stereocenters. The lowest BCUT2D eigenvalue weighted by Gasteiger charge is -2.56. The van der Waals surface area contributed by atoms with Crippen LogP contribution >= 0.6 is 0 Å². The van der Waals surface area contributed by atoms with Crippen LogP contribution in [0, 0.1) is 46.8 Å². The summed E-state index contributed by atoms with van der Waals surface area (Å²) in [6.45, 7) is 9.13. The van der Waals surface area contributed by atoms with Crippen LogP contribution in [0.5, 0.6) is 0 Å². The highest BCUT2D eigenvalue weighted by molar-refractivity contribution is 5.06. The lowest BCUT2D eigenvalue weighted by molar-refractivity contribution is -0.0697. The Balaban J connectivity index is 1.46. The first kappa shape index (κ1) is 19.3. The molecule has 8 atom stereocenters. The highest BCUT2D eigenvalue weighted by Gasteiger charge is 2.57. The molecule has 1 nitrogen and oxygen atoms in total. The number of rotatable bonds is 4. The summed E-state index contributed by atoms with van der Waals surface area (Å²) in [5.74, 6) is 7.02. The standard InChI is InChI=1S/C25H44O/c1-17(13-15-24(2,3)26)22-11-12-23-21-10-9-18-7-5-6-8-19(18)20(21)14-16-25(22,23)4/h17-23,26H,5-16H2,1-4H3. The maximum atomic E-state index is 10.2. The summed E-state index contributed by atoms with van der Waals surface area (Å²) in [6.07, 6.45) is 17.4. The Bertz CT molecular complexity index is 491. The van der Waals surface area contributed by atoms with Crippen molar-refractivity contribution in [3.05, 3.63) is 0 Å². The Kier molecular flexibility index (Phi) is 5.26. The van der Waals surface area contributed by atoms with Gasteiger partial charge in [-0.1, -0.05) is 33.1 Å². The van der Waals surface area contributed by atoms with Gasteiger partial charge in [-0.2, -0.15) is 0 Å². The van der Waals surface area contributed by atoms with Gasteiger partial charge in [0.25, 0.3) is 0 Å². The van der Waals surface area contributed by atoms with E-state index in [-0.39, 0.29) is 0 Å². The van der Waals surface area contributed by atoms with Crippen LogP contribution in [-0.2, 0) is 0 Å². The first-order valence-corrected chi connectivity index (χ1v) is 12.0. The molecule has 0 aromatic rings. The van der Waals surface area contributed by atoms with Gasteiger partial charge in [0.2, 0.25) is 0 Å². The molecule has 0 spiro atoms. The van der Waals surface area contributed by atoms with E-state index in [0.29, 0.717) is 5.41 Å². The van der Waals surface area contributed by atoms with Gasteiger partial charge in [-0.15, -0.1) is 0 Å². The third kappa shape index (κ3) is 3.40. The summed E-state index contributed by atoms with van der Waals surface area (Å²) >= 11 is 0. The van der Waals surface area contributed by atoms with Crippen molar-refractivity contribution >= 4 is 0 Å². The topological polar surface area (TPSA) is 20.2 Å². The van der Waals surface area contributed by atoms with Crippen LogP contribution in [0.1, 0.15) is 105 Å². The largest absolute Gasteiger partial charge is 0.390 e. The Morgan fingerprint density at radius 1 is 0.923 bits per heavy atom. The average molecular weight is 361 g/mol. The summed E-state index contributed by atoms with van der Waals surface area (Å²) in [6, 6.07) is 0. The second kappa shape index (κ2) is 7.09. The van der Waals surface area contributed by atoms with Gasteiger partial charge in [-0.05, 0) is 118 Å². The van der Waals surface area contributed by atoms with Crippen LogP contribution in [0.25, 0.3) is 0 Å². The van der Waals surface area contributed by atoms with E-state index in [1.165, 1.54) is 44.9 Å². The summed E-state index contributed by atoms with van der Waals surface area (Å²) in [5, 5.41) is 10.2. The smallest absolute Gasteiger partial charge is 0.0591 e. The molecule has 1 heteroatoms. The Morgan fingerprint density at radius 3 is 2.46 bits per heavy atom. The van der Waals surface area contributed by atoms with Crippen LogP contribution in [0.2, 0.25) is 0 Å². The van der Waals surface area contributed by atoms with Crippen LogP contribution < -0.4 is 0 Å². The van der Waals surface area contributed by atoms with Gasteiger partial charge in [-0.3, -0.25) is 0 Å². The predicted octanol–water partition coefficient (Wildman–Crippen LogP) is 6.83. The van der Waals surface area contributed by atoms with Crippen molar-refractivity contribution in [3.63, 3.8) is 0 Å². The normalized spacial score (nSPS) is 47.0. The zero-order valence-electron chi connectivity index (χ0n) is 18.0. The predicted molar refractivity (Wildman–Crippen MR) is 110 cm³/mol. The van der Waals surface area contributed by atoms with Crippen molar-refractivity contribution in [2.75, 3.05) is 0 Å². The molecule has 0 bridgehead atoms. The van der Waals surface area contributed by atoms with Crippen molar-refractivity contribution in [2.45, 2.75) is 110 Å². The van der Waals surface area contributed by atoms with E-state index in [1.54, 1.807) is 25.7 Å². The maximum Gasteiger partial charge on any atom is 0.0591 e. The first-order valence-electron chi connectivity index (χ1n) is 12.0. The first-order chi connectivity index (χ1) is 12.3. The molecule has 4 fully saturated rings. The molecule has 0 heterocycles. The van der Waals surface area contributed by atoms with Crippen molar-refractivity contribution in [1.29, 1.82) is 0 Å². The van der Waals surface area contributed by atoms with E-state index in [9.17, 15) is 5.11 Å². The number of hydrogen-bond acceptors (Lipinski definition) is 1. The molecule has 26 heavy (non-hydrogen) atoms. The minimum Gasteiger partial charge on any atom is -0.390 e. The molecular formula is C25H44O. The Labute approximate surface area is 162 Å². The van der Waals surface area contributed by atoms with Crippen LogP contribution in [0.4, 0.5) is 0 Å². The van der Waals surface area contributed by atoms with Crippen LogP contribution in [0.15, 0.2) is 0 Å². The van der Waals surface area contributed by atoms with E-state index in [2.05, 4.69) is 13.8 Å². The second-order valence-electron chi connectivity index (χ2n) is 11.8. The lowest BCUT2D eigenvalue weighted by atomic mass is 9.49. The van der Waals surface area contributed by atoms with E-state index < -0.39 is 5.60 Å². The zero-order chi connectivity index (χ0) is 18.5. The minimum absolute atomic E-state index is 0.496. The SMILES string of the molecule is CC(CCC(C)(C)O)C1CCC2C3CCC4CCCCC4C3CCC12C. The monoisotopic (exact) mass is 360 g/mol. The third-order valence-corrected chi connectivity index (χ3v) is 9.85. The molecule has 1 N–H and O–H groups in total. The van der Waals surface area contributed by atoms with Gasteiger partial charge < -0.3 is 5.11 Å². The van der Waals surface area contributed by atoms with Gasteiger partial charge in [0.15, 0.2) is 0 Å². The van der Waals surface area contributed by atoms with Gasteiger partial charge in [0.05, 0.1) is 5.60 Å². The van der Waals surface area contributed by atoms with Crippen molar-refractivity contribution in [2.24, 2.45) is 46.8 Å². The quantitative estimate of drug-likeness (QED) is 0.582. The van der Waals surface area contributed by atoms with Crippen molar-refractivity contribution in [1.82, 2.24) is 0 Å². The fraction of sp³-hybridized carbons (Fsp3) is 1.00. The minimum atomic E-state index is -0.496. The third-order valence-electron chi connectivity index (χ3n) is 9.85. The average Bonchev–Trinajstić information content (AvgIpc) is 2.96. The molecule has 4 aliphatic rings. The van der Waals surface area contributed by atoms with Gasteiger partial charge in [0.1, 0.15) is 0 Å². The summed E-state index contributed by atoms with van der Waals surface area (Å²) in [4.78, 5) is 0. The molecule has 0 amide bonds. The number of hydrogen-bond donors (Lipinski definition) is 1. The van der Waals surface area contributed by atoms with E-state index in [4.69, 9.17) is 0 Å². The highest BCUT2D eigenvalue weighted by atomic mass is 16.3. The number of aliphatic hydroxyl groups is 1. The summed E-state index contributed by atoms with van der Waals surface area (Å²) < 4.78 is 0. The molecular weight excluding hydrogens is 316 g/mol.